The molecule has 0 unspecified atom stereocenters. The summed E-state index contributed by atoms with van der Waals surface area (Å²) < 4.78 is 28.2. The first kappa shape index (κ1) is 13.7. The predicted octanol–water partition coefficient (Wildman–Crippen LogP) is 1.76. The van der Waals surface area contributed by atoms with Crippen molar-refractivity contribution in [2.24, 2.45) is 7.05 Å². The van der Waals surface area contributed by atoms with Crippen molar-refractivity contribution in [1.29, 1.82) is 0 Å². The van der Waals surface area contributed by atoms with E-state index in [1.165, 1.54) is 16.8 Å². The van der Waals surface area contributed by atoms with Crippen molar-refractivity contribution in [3.8, 4) is 0 Å². The molecule has 0 aliphatic heterocycles. The molecule has 0 aliphatic carbocycles. The third-order valence-corrected chi connectivity index (χ3v) is 4.37. The fourth-order valence-electron chi connectivity index (χ4n) is 1.58. The van der Waals surface area contributed by atoms with E-state index >= 15 is 0 Å². The molecule has 6 nitrogen and oxygen atoms in total. The molecule has 0 radical (unpaired) electrons. The summed E-state index contributed by atoms with van der Waals surface area (Å²) in [5, 5.41) is 4.31. The van der Waals surface area contributed by atoms with Crippen LogP contribution in [0.3, 0.4) is 0 Å². The van der Waals surface area contributed by atoms with Crippen LogP contribution in [-0.4, -0.2) is 18.2 Å². The first-order valence-corrected chi connectivity index (χ1v) is 7.24. The van der Waals surface area contributed by atoms with Crippen LogP contribution >= 0.6 is 11.6 Å². The molecule has 102 valence electrons. The number of nitrogen functional groups attached to an aromatic ring is 1. The zero-order chi connectivity index (χ0) is 14.2. The number of sulfonamides is 1. The Hall–Kier alpha value is -1.73. The lowest BCUT2D eigenvalue weighted by molar-refractivity contribution is 0.601. The first-order chi connectivity index (χ1) is 8.79. The van der Waals surface area contributed by atoms with Gasteiger partial charge in [-0.25, -0.2) is 8.42 Å². The van der Waals surface area contributed by atoms with Crippen LogP contribution in [0.15, 0.2) is 29.3 Å². The fraction of sp³-hybridized carbons (Fsp3) is 0.182. The van der Waals surface area contributed by atoms with Gasteiger partial charge in [0, 0.05) is 19.3 Å². The molecule has 1 heterocycles. The third-order valence-electron chi connectivity index (χ3n) is 2.52. The number of hydrogen-bond donors (Lipinski definition) is 2. The van der Waals surface area contributed by atoms with Gasteiger partial charge in [-0.3, -0.25) is 9.40 Å². The molecular formula is C11H13ClN4O2S. The topological polar surface area (TPSA) is 90.0 Å². The molecule has 0 bridgehead atoms. The van der Waals surface area contributed by atoms with Crippen molar-refractivity contribution >= 4 is 33.1 Å². The number of hydrogen-bond acceptors (Lipinski definition) is 4. The normalized spacial score (nSPS) is 11.5. The van der Waals surface area contributed by atoms with Gasteiger partial charge in [-0.05, 0) is 24.6 Å². The number of rotatable bonds is 3. The van der Waals surface area contributed by atoms with Gasteiger partial charge in [-0.2, -0.15) is 5.10 Å². The highest BCUT2D eigenvalue weighted by atomic mass is 35.5. The van der Waals surface area contributed by atoms with E-state index in [9.17, 15) is 8.42 Å². The van der Waals surface area contributed by atoms with Crippen molar-refractivity contribution in [3.05, 3.63) is 35.0 Å². The van der Waals surface area contributed by atoms with E-state index in [0.29, 0.717) is 10.6 Å². The van der Waals surface area contributed by atoms with E-state index in [1.807, 2.05) is 0 Å². The van der Waals surface area contributed by atoms with E-state index in [2.05, 4.69) is 9.82 Å². The minimum atomic E-state index is -3.73. The molecule has 0 aliphatic rings. The van der Waals surface area contributed by atoms with Crippen LogP contribution in [0.2, 0.25) is 5.02 Å². The van der Waals surface area contributed by atoms with Gasteiger partial charge < -0.3 is 5.73 Å². The quantitative estimate of drug-likeness (QED) is 0.845. The summed E-state index contributed by atoms with van der Waals surface area (Å²) in [5.41, 5.74) is 6.50. The second kappa shape index (κ2) is 4.75. The Bertz CT molecular complexity index is 701. The van der Waals surface area contributed by atoms with Crippen LogP contribution in [0.5, 0.6) is 0 Å². The molecule has 8 heteroatoms. The molecule has 2 rings (SSSR count). The second-order valence-electron chi connectivity index (χ2n) is 4.12. The Kier molecular flexibility index (Phi) is 3.42. The number of anilines is 2. The van der Waals surface area contributed by atoms with Crippen LogP contribution in [0.4, 0.5) is 11.5 Å². The van der Waals surface area contributed by atoms with Gasteiger partial charge in [-0.15, -0.1) is 0 Å². The van der Waals surface area contributed by atoms with Crippen molar-refractivity contribution in [3.63, 3.8) is 0 Å². The highest BCUT2D eigenvalue weighted by molar-refractivity contribution is 7.92. The summed E-state index contributed by atoms with van der Waals surface area (Å²) in [6.07, 6.45) is 1.64. The standard InChI is InChI=1S/C11H13ClN4O2S/c1-7-5-8(6-9(13)11(7)12)19(17,18)15-10-3-4-16(2)14-10/h3-6H,13H2,1-2H3,(H,14,15). The SMILES string of the molecule is Cc1cc(S(=O)(=O)Nc2ccn(C)n2)cc(N)c1Cl. The summed E-state index contributed by atoms with van der Waals surface area (Å²) in [4.78, 5) is 0.0533. The Morgan fingerprint density at radius 2 is 2.11 bits per heavy atom. The molecule has 3 N–H and O–H groups in total. The van der Waals surface area contributed by atoms with Gasteiger partial charge in [-0.1, -0.05) is 11.6 Å². The molecule has 2 aromatic rings. The second-order valence-corrected chi connectivity index (χ2v) is 6.18. The van der Waals surface area contributed by atoms with Gasteiger partial charge >= 0.3 is 0 Å². The van der Waals surface area contributed by atoms with E-state index in [4.69, 9.17) is 17.3 Å². The molecule has 0 amide bonds. The number of aromatic nitrogens is 2. The largest absolute Gasteiger partial charge is 0.397 e. The minimum absolute atomic E-state index is 0.0533. The summed E-state index contributed by atoms with van der Waals surface area (Å²) in [7, 11) is -2.03. The van der Waals surface area contributed by atoms with E-state index in [1.54, 1.807) is 26.2 Å². The lowest BCUT2D eigenvalue weighted by Gasteiger charge is -2.09. The summed E-state index contributed by atoms with van der Waals surface area (Å²) >= 11 is 5.91. The fourth-order valence-corrected chi connectivity index (χ4v) is 2.81. The number of halogens is 1. The Morgan fingerprint density at radius 1 is 1.42 bits per heavy atom. The summed E-state index contributed by atoms with van der Waals surface area (Å²) in [5.74, 6) is 0.244. The highest BCUT2D eigenvalue weighted by Crippen LogP contribution is 2.27. The zero-order valence-corrected chi connectivity index (χ0v) is 12.0. The van der Waals surface area contributed by atoms with Crippen LogP contribution < -0.4 is 10.5 Å². The van der Waals surface area contributed by atoms with Crippen molar-refractivity contribution < 1.29 is 8.42 Å². The van der Waals surface area contributed by atoms with Crippen molar-refractivity contribution in [2.45, 2.75) is 11.8 Å². The van der Waals surface area contributed by atoms with Gasteiger partial charge in [0.1, 0.15) is 0 Å². The van der Waals surface area contributed by atoms with Crippen LogP contribution in [0, 0.1) is 6.92 Å². The molecule has 0 fully saturated rings. The van der Waals surface area contributed by atoms with Crippen LogP contribution in [-0.2, 0) is 17.1 Å². The predicted molar refractivity (Wildman–Crippen MR) is 74.6 cm³/mol. The smallest absolute Gasteiger partial charge is 0.263 e. The lowest BCUT2D eigenvalue weighted by atomic mass is 10.2. The van der Waals surface area contributed by atoms with Gasteiger partial charge in [0.25, 0.3) is 10.0 Å². The average Bonchev–Trinajstić information content (AvgIpc) is 2.70. The number of benzene rings is 1. The Labute approximate surface area is 116 Å². The minimum Gasteiger partial charge on any atom is -0.397 e. The van der Waals surface area contributed by atoms with Crippen LogP contribution in [0.25, 0.3) is 0 Å². The number of nitrogens with one attached hydrogen (secondary N) is 1. The molecule has 0 saturated carbocycles. The van der Waals surface area contributed by atoms with Gasteiger partial charge in [0.15, 0.2) is 5.82 Å². The number of nitrogens with two attached hydrogens (primary N) is 1. The third kappa shape index (κ3) is 2.82. The zero-order valence-electron chi connectivity index (χ0n) is 10.4. The molecule has 0 saturated heterocycles. The van der Waals surface area contributed by atoms with E-state index < -0.39 is 10.0 Å². The number of nitrogens with zero attached hydrogens (tertiary/aromatic N) is 2. The maximum absolute atomic E-state index is 12.2. The maximum Gasteiger partial charge on any atom is 0.263 e. The Morgan fingerprint density at radius 3 is 2.63 bits per heavy atom. The first-order valence-electron chi connectivity index (χ1n) is 5.37. The molecule has 19 heavy (non-hydrogen) atoms. The lowest BCUT2D eigenvalue weighted by Crippen LogP contribution is -2.14. The van der Waals surface area contributed by atoms with Gasteiger partial charge in [0.2, 0.25) is 0 Å². The maximum atomic E-state index is 12.2. The summed E-state index contributed by atoms with van der Waals surface area (Å²) in [6.45, 7) is 1.69. The Balaban J connectivity index is 2.40. The van der Waals surface area contributed by atoms with Crippen LogP contribution in [0.1, 0.15) is 5.56 Å². The summed E-state index contributed by atoms with van der Waals surface area (Å²) in [6, 6.07) is 4.34. The van der Waals surface area contributed by atoms with Gasteiger partial charge in [0.05, 0.1) is 15.6 Å². The van der Waals surface area contributed by atoms with Crippen molar-refractivity contribution in [2.75, 3.05) is 10.5 Å². The molecular weight excluding hydrogens is 288 g/mol. The molecule has 0 atom stereocenters. The number of aryl methyl sites for hydroxylation is 2. The molecule has 1 aromatic carbocycles. The monoisotopic (exact) mass is 300 g/mol. The average molecular weight is 301 g/mol. The molecule has 1 aromatic heterocycles. The molecule has 0 spiro atoms. The van der Waals surface area contributed by atoms with E-state index in [0.717, 1.165) is 0 Å². The van der Waals surface area contributed by atoms with E-state index in [-0.39, 0.29) is 16.4 Å². The highest BCUT2D eigenvalue weighted by Gasteiger charge is 2.17. The van der Waals surface area contributed by atoms with Crippen molar-refractivity contribution in [1.82, 2.24) is 9.78 Å².